The van der Waals surface area contributed by atoms with Gasteiger partial charge in [0.2, 0.25) is 12.1 Å². The maximum atomic E-state index is 10.4. The van der Waals surface area contributed by atoms with Gasteiger partial charge in [-0.05, 0) is 12.8 Å². The molecule has 0 aliphatic carbocycles. The zero-order chi connectivity index (χ0) is 8.81. The van der Waals surface area contributed by atoms with Gasteiger partial charge in [-0.2, -0.15) is 0 Å². The van der Waals surface area contributed by atoms with Gasteiger partial charge in [0.25, 0.3) is 0 Å². The molecule has 1 fully saturated rings. The quantitative estimate of drug-likeness (QED) is 0.549. The summed E-state index contributed by atoms with van der Waals surface area (Å²) in [4.78, 5) is 10.4. The molecule has 0 saturated carbocycles. The van der Waals surface area contributed by atoms with Crippen LogP contribution in [0.1, 0.15) is 26.2 Å². The molecule has 1 unspecified atom stereocenters. The molecule has 1 rings (SSSR count). The number of Topliss-reactive ketones (excluding diaryl/α,β-unsaturated/α-hetero) is 1. The summed E-state index contributed by atoms with van der Waals surface area (Å²) in [7, 11) is 0. The van der Waals surface area contributed by atoms with Crippen LogP contribution in [0.5, 0.6) is 0 Å². The third-order valence-electron chi connectivity index (χ3n) is 1.56. The number of hydrogen-bond donors (Lipinski definition) is 0. The lowest BCUT2D eigenvalue weighted by molar-refractivity contribution is -0.122. The predicted molar refractivity (Wildman–Crippen MR) is 43.1 cm³/mol. The molecule has 0 aromatic carbocycles. The molecule has 0 spiro atoms. The van der Waals surface area contributed by atoms with E-state index in [4.69, 9.17) is 9.47 Å². The first-order valence-electron chi connectivity index (χ1n) is 4.08. The number of rotatable bonds is 1. The minimum atomic E-state index is -0.231. The summed E-state index contributed by atoms with van der Waals surface area (Å²) in [5, 5.41) is 0. The molecule has 0 N–H and O–H groups in total. The lowest BCUT2D eigenvalue weighted by atomic mass is 10.2. The molecule has 3 heteroatoms. The molecule has 1 saturated heterocycles. The molecule has 1 aliphatic rings. The fourth-order valence-electron chi connectivity index (χ4n) is 0.971. The number of hydrogen-bond acceptors (Lipinski definition) is 3. The molecular weight excluding hydrogens is 156 g/mol. The van der Waals surface area contributed by atoms with Gasteiger partial charge in [0, 0.05) is 19.3 Å². The van der Waals surface area contributed by atoms with Gasteiger partial charge in [-0.1, -0.05) is 0 Å². The van der Waals surface area contributed by atoms with Crippen molar-refractivity contribution in [2.75, 3.05) is 6.61 Å². The summed E-state index contributed by atoms with van der Waals surface area (Å²) < 4.78 is 10.2. The molecule has 1 atom stereocenters. The van der Waals surface area contributed by atoms with E-state index in [1.807, 2.05) is 0 Å². The summed E-state index contributed by atoms with van der Waals surface area (Å²) in [5.74, 6) is 2.11. The van der Waals surface area contributed by atoms with E-state index < -0.39 is 0 Å². The van der Waals surface area contributed by atoms with Crippen molar-refractivity contribution in [2.24, 2.45) is 0 Å². The summed E-state index contributed by atoms with van der Waals surface area (Å²) >= 11 is 0. The van der Waals surface area contributed by atoms with Gasteiger partial charge in [0.05, 0.1) is 6.61 Å². The smallest absolute Gasteiger partial charge is 0.210 e. The SMILES string of the molecule is CC(=O)C#COC1CCCCO1. The molecule has 3 nitrogen and oxygen atoms in total. The zero-order valence-electron chi connectivity index (χ0n) is 7.13. The van der Waals surface area contributed by atoms with Crippen LogP contribution in [0, 0.1) is 12.0 Å². The number of ketones is 1. The first-order valence-corrected chi connectivity index (χ1v) is 4.08. The van der Waals surface area contributed by atoms with Gasteiger partial charge in [0.15, 0.2) is 0 Å². The van der Waals surface area contributed by atoms with Crippen molar-refractivity contribution in [1.29, 1.82) is 0 Å². The van der Waals surface area contributed by atoms with Gasteiger partial charge in [0.1, 0.15) is 6.11 Å². The average Bonchev–Trinajstić information content (AvgIpc) is 2.05. The predicted octanol–water partition coefficient (Wildman–Crippen LogP) is 1.08. The summed E-state index contributed by atoms with van der Waals surface area (Å²) in [5.41, 5.74) is 0. The lowest BCUT2D eigenvalue weighted by Gasteiger charge is -2.19. The fourth-order valence-corrected chi connectivity index (χ4v) is 0.971. The third-order valence-corrected chi connectivity index (χ3v) is 1.56. The second kappa shape index (κ2) is 4.78. The normalized spacial score (nSPS) is 22.2. The summed E-state index contributed by atoms with van der Waals surface area (Å²) in [6.45, 7) is 2.13. The first kappa shape index (κ1) is 9.08. The van der Waals surface area contributed by atoms with Crippen LogP contribution in [0.25, 0.3) is 0 Å². The summed E-state index contributed by atoms with van der Waals surface area (Å²) in [6.07, 6.45) is 5.15. The van der Waals surface area contributed by atoms with Gasteiger partial charge in [-0.3, -0.25) is 4.79 Å². The monoisotopic (exact) mass is 168 g/mol. The maximum Gasteiger partial charge on any atom is 0.210 e. The Kier molecular flexibility index (Phi) is 3.62. The Bertz CT molecular complexity index is 206. The molecule has 1 heterocycles. The third kappa shape index (κ3) is 3.40. The molecular formula is C9H12O3. The lowest BCUT2D eigenvalue weighted by Crippen LogP contribution is -2.20. The molecule has 0 aromatic heterocycles. The highest BCUT2D eigenvalue weighted by Gasteiger charge is 2.13. The molecule has 0 radical (unpaired) electrons. The van der Waals surface area contributed by atoms with Crippen molar-refractivity contribution in [2.45, 2.75) is 32.5 Å². The van der Waals surface area contributed by atoms with Crippen molar-refractivity contribution in [1.82, 2.24) is 0 Å². The number of ether oxygens (including phenoxy) is 2. The van der Waals surface area contributed by atoms with Crippen LogP contribution in [-0.4, -0.2) is 18.7 Å². The topological polar surface area (TPSA) is 35.5 Å². The minimum absolute atomic E-state index is 0.189. The largest absolute Gasteiger partial charge is 0.414 e. The van der Waals surface area contributed by atoms with Gasteiger partial charge >= 0.3 is 0 Å². The van der Waals surface area contributed by atoms with E-state index in [1.165, 1.54) is 6.92 Å². The van der Waals surface area contributed by atoms with Crippen molar-refractivity contribution < 1.29 is 14.3 Å². The van der Waals surface area contributed by atoms with E-state index in [2.05, 4.69) is 12.0 Å². The van der Waals surface area contributed by atoms with Crippen LogP contribution in [0.3, 0.4) is 0 Å². The standard InChI is InChI=1S/C9H12O3/c1-8(10)5-7-12-9-4-2-3-6-11-9/h9H,2-4,6H2,1H3. The second-order valence-electron chi connectivity index (χ2n) is 2.70. The minimum Gasteiger partial charge on any atom is -0.414 e. The molecule has 0 aromatic rings. The van der Waals surface area contributed by atoms with Crippen LogP contribution in [0.15, 0.2) is 0 Å². The highest BCUT2D eigenvalue weighted by Crippen LogP contribution is 2.12. The second-order valence-corrected chi connectivity index (χ2v) is 2.70. The van der Waals surface area contributed by atoms with Gasteiger partial charge < -0.3 is 9.47 Å². The number of carbonyl (C=O) groups excluding carboxylic acids is 1. The van der Waals surface area contributed by atoms with Crippen LogP contribution in [0.2, 0.25) is 0 Å². The molecule has 66 valence electrons. The molecule has 0 amide bonds. The maximum absolute atomic E-state index is 10.4. The Balaban J connectivity index is 2.22. The highest BCUT2D eigenvalue weighted by atomic mass is 16.7. The Morgan fingerprint density at radius 1 is 1.58 bits per heavy atom. The molecule has 0 bridgehead atoms. The van der Waals surface area contributed by atoms with Crippen LogP contribution in [-0.2, 0) is 14.3 Å². The van der Waals surface area contributed by atoms with E-state index in [0.717, 1.165) is 25.9 Å². The summed E-state index contributed by atoms with van der Waals surface area (Å²) in [6, 6.07) is 0. The van der Waals surface area contributed by atoms with E-state index in [-0.39, 0.29) is 12.1 Å². The number of carbonyl (C=O) groups is 1. The molecule has 1 aliphatic heterocycles. The van der Waals surface area contributed by atoms with Crippen LogP contribution < -0.4 is 0 Å². The van der Waals surface area contributed by atoms with E-state index >= 15 is 0 Å². The Hall–Kier alpha value is -1.01. The Labute approximate surface area is 72.0 Å². The van der Waals surface area contributed by atoms with E-state index in [0.29, 0.717) is 0 Å². The van der Waals surface area contributed by atoms with E-state index in [1.54, 1.807) is 0 Å². The Morgan fingerprint density at radius 2 is 2.42 bits per heavy atom. The van der Waals surface area contributed by atoms with Crippen molar-refractivity contribution >= 4 is 5.78 Å². The fraction of sp³-hybridized carbons (Fsp3) is 0.667. The average molecular weight is 168 g/mol. The van der Waals surface area contributed by atoms with Crippen molar-refractivity contribution in [3.63, 3.8) is 0 Å². The zero-order valence-corrected chi connectivity index (χ0v) is 7.13. The molecule has 12 heavy (non-hydrogen) atoms. The first-order chi connectivity index (χ1) is 5.79. The van der Waals surface area contributed by atoms with Gasteiger partial charge in [-0.15, -0.1) is 0 Å². The van der Waals surface area contributed by atoms with Crippen LogP contribution in [0.4, 0.5) is 0 Å². The van der Waals surface area contributed by atoms with Gasteiger partial charge in [-0.25, -0.2) is 0 Å². The highest BCUT2D eigenvalue weighted by molar-refractivity contribution is 5.92. The van der Waals surface area contributed by atoms with Crippen molar-refractivity contribution in [3.05, 3.63) is 0 Å². The van der Waals surface area contributed by atoms with Crippen molar-refractivity contribution in [3.8, 4) is 12.0 Å². The Morgan fingerprint density at radius 3 is 3.00 bits per heavy atom. The van der Waals surface area contributed by atoms with E-state index in [9.17, 15) is 4.79 Å². The van der Waals surface area contributed by atoms with Crippen LogP contribution >= 0.6 is 0 Å².